The molecule has 0 saturated carbocycles. The van der Waals surface area contributed by atoms with Crippen LogP contribution in [0.2, 0.25) is 0 Å². The normalized spacial score (nSPS) is 18.9. The van der Waals surface area contributed by atoms with Crippen LogP contribution in [0.5, 0.6) is 0 Å². The first-order valence-corrected chi connectivity index (χ1v) is 3.45. The molecule has 0 saturated heterocycles. The molecular weight excluding hydrogens is 207 g/mol. The molecule has 0 rings (SSSR count). The summed E-state index contributed by atoms with van der Waals surface area (Å²) in [4.78, 5) is 9.98. The molecule has 0 unspecified atom stereocenters. The smallest absolute Gasteiger partial charge is 0.547 e. The summed E-state index contributed by atoms with van der Waals surface area (Å²) in [7, 11) is 0. The van der Waals surface area contributed by atoms with Crippen LogP contribution in [0.1, 0.15) is 0 Å². The molecule has 14 heavy (non-hydrogen) atoms. The first-order chi connectivity index (χ1) is 5.91. The molecule has 78 valence electrons. The molecule has 0 bridgehead atoms. The first kappa shape index (κ1) is 16.7. The van der Waals surface area contributed by atoms with Crippen molar-refractivity contribution in [1.29, 1.82) is 0 Å². The number of hydrogen-bond donors (Lipinski definition) is 5. The Hall–Kier alpha value is 0.270. The average Bonchev–Trinajstić information content (AvgIpc) is 2.12. The average molecular weight is 218 g/mol. The quantitative estimate of drug-likeness (QED) is 0.288. The topological polar surface area (TPSA) is 141 Å². The minimum atomic E-state index is -2.31. The van der Waals surface area contributed by atoms with E-state index in [-0.39, 0.29) is 29.6 Å². The molecular formula is C6H11NaO7. The van der Waals surface area contributed by atoms with E-state index < -0.39 is 37.0 Å². The summed E-state index contributed by atoms with van der Waals surface area (Å²) in [6, 6.07) is 0. The van der Waals surface area contributed by atoms with Crippen LogP contribution < -0.4 is 34.7 Å². The van der Waals surface area contributed by atoms with E-state index in [4.69, 9.17) is 25.5 Å². The van der Waals surface area contributed by atoms with Crippen molar-refractivity contribution in [3.63, 3.8) is 0 Å². The van der Waals surface area contributed by atoms with Crippen molar-refractivity contribution in [1.82, 2.24) is 0 Å². The van der Waals surface area contributed by atoms with Crippen LogP contribution in [0.15, 0.2) is 0 Å². The summed E-state index contributed by atoms with van der Waals surface area (Å²) >= 11 is 0. The summed E-state index contributed by atoms with van der Waals surface area (Å²) in [5, 5.41) is 53.4. The maximum Gasteiger partial charge on any atom is 1.00 e. The van der Waals surface area contributed by atoms with Crippen LogP contribution in [-0.2, 0) is 4.79 Å². The molecule has 0 aromatic rings. The molecule has 4 atom stereocenters. The van der Waals surface area contributed by atoms with E-state index in [2.05, 4.69) is 0 Å². The second kappa shape index (κ2) is 7.55. The van der Waals surface area contributed by atoms with E-state index in [0.29, 0.717) is 0 Å². The number of aliphatic carboxylic acids is 1. The Labute approximate surface area is 102 Å². The van der Waals surface area contributed by atoms with Crippen LogP contribution in [0.4, 0.5) is 0 Å². The molecule has 0 aromatic carbocycles. The van der Waals surface area contributed by atoms with Crippen LogP contribution in [-0.4, -0.2) is 62.5 Å². The van der Waals surface area contributed by atoms with E-state index in [1.165, 1.54) is 0 Å². The number of carbonyl (C=O) groups is 1. The van der Waals surface area contributed by atoms with Crippen LogP contribution >= 0.6 is 0 Å². The van der Waals surface area contributed by atoms with Crippen molar-refractivity contribution in [3.8, 4) is 0 Å². The van der Waals surface area contributed by atoms with Gasteiger partial charge >= 0.3 is 29.6 Å². The Morgan fingerprint density at radius 1 is 1.14 bits per heavy atom. The van der Waals surface area contributed by atoms with Crippen molar-refractivity contribution in [2.45, 2.75) is 24.4 Å². The molecule has 0 aliphatic carbocycles. The standard InChI is InChI=1S/C6H12O7.Na/c7-1-2(8)3(9)4(10)5(11)6(12)13;/h2-5,7-11H,1H2,(H,12,13);/q;+1/p-1/t2-,3+,4+,5-;/m1./s1. The molecule has 0 aliphatic rings. The number of aliphatic hydroxyl groups excluding tert-OH is 5. The fourth-order valence-electron chi connectivity index (χ4n) is 0.662. The van der Waals surface area contributed by atoms with Gasteiger partial charge in [-0.15, -0.1) is 0 Å². The van der Waals surface area contributed by atoms with Crippen molar-refractivity contribution in [2.75, 3.05) is 6.61 Å². The molecule has 0 heterocycles. The summed E-state index contributed by atoms with van der Waals surface area (Å²) in [6.07, 6.45) is -8.08. The van der Waals surface area contributed by atoms with Crippen molar-refractivity contribution >= 4 is 5.97 Å². The zero-order valence-corrected chi connectivity index (χ0v) is 9.57. The Bertz CT molecular complexity index is 176. The fourth-order valence-corrected chi connectivity index (χ4v) is 0.662. The summed E-state index contributed by atoms with van der Waals surface area (Å²) < 4.78 is 0. The predicted molar refractivity (Wildman–Crippen MR) is 36.1 cm³/mol. The van der Waals surface area contributed by atoms with Crippen LogP contribution in [0.3, 0.4) is 0 Å². The molecule has 0 fully saturated rings. The van der Waals surface area contributed by atoms with Gasteiger partial charge in [0.15, 0.2) is 0 Å². The van der Waals surface area contributed by atoms with Crippen molar-refractivity contribution in [3.05, 3.63) is 0 Å². The minimum Gasteiger partial charge on any atom is -0.547 e. The van der Waals surface area contributed by atoms with Gasteiger partial charge in [0.05, 0.1) is 12.6 Å². The van der Waals surface area contributed by atoms with Gasteiger partial charge in [0.25, 0.3) is 0 Å². The monoisotopic (exact) mass is 218 g/mol. The molecule has 0 aromatic heterocycles. The predicted octanol–water partition coefficient (Wildman–Crippen LogP) is -7.82. The largest absolute Gasteiger partial charge is 1.00 e. The van der Waals surface area contributed by atoms with Gasteiger partial charge in [-0.05, 0) is 0 Å². The number of carbonyl (C=O) groups excluding carboxylic acids is 1. The Morgan fingerprint density at radius 3 is 1.86 bits per heavy atom. The van der Waals surface area contributed by atoms with E-state index in [9.17, 15) is 9.90 Å². The van der Waals surface area contributed by atoms with Gasteiger partial charge in [-0.25, -0.2) is 0 Å². The SMILES string of the molecule is O=C([O-])[C@H](O)[C@@H](O)[C@@H](O)[C@H](O)CO.[Na+]. The second-order valence-corrected chi connectivity index (χ2v) is 2.49. The van der Waals surface area contributed by atoms with Gasteiger partial charge in [0.1, 0.15) is 24.4 Å². The third-order valence-corrected chi connectivity index (χ3v) is 1.50. The fraction of sp³-hybridized carbons (Fsp3) is 0.833. The maximum atomic E-state index is 9.98. The number of hydrogen-bond acceptors (Lipinski definition) is 7. The van der Waals surface area contributed by atoms with Crippen LogP contribution in [0.25, 0.3) is 0 Å². The third-order valence-electron chi connectivity index (χ3n) is 1.50. The molecule has 7 nitrogen and oxygen atoms in total. The summed E-state index contributed by atoms with van der Waals surface area (Å²) in [5.41, 5.74) is 0. The minimum absolute atomic E-state index is 0. The number of carboxylic acids is 1. The number of aliphatic hydroxyl groups is 5. The van der Waals surface area contributed by atoms with Gasteiger partial charge in [0, 0.05) is 0 Å². The van der Waals surface area contributed by atoms with E-state index in [1.54, 1.807) is 0 Å². The molecule has 0 aliphatic heterocycles. The van der Waals surface area contributed by atoms with Crippen molar-refractivity contribution < 1.29 is 65.0 Å². The second-order valence-electron chi connectivity index (χ2n) is 2.49. The van der Waals surface area contributed by atoms with Gasteiger partial charge in [0.2, 0.25) is 0 Å². The van der Waals surface area contributed by atoms with Gasteiger partial charge in [-0.1, -0.05) is 0 Å². The first-order valence-electron chi connectivity index (χ1n) is 3.45. The van der Waals surface area contributed by atoms with E-state index in [0.717, 1.165) is 0 Å². The van der Waals surface area contributed by atoms with E-state index >= 15 is 0 Å². The Kier molecular flexibility index (Phi) is 9.00. The van der Waals surface area contributed by atoms with E-state index in [1.807, 2.05) is 0 Å². The van der Waals surface area contributed by atoms with Gasteiger partial charge < -0.3 is 35.4 Å². The molecule has 0 spiro atoms. The van der Waals surface area contributed by atoms with Gasteiger partial charge in [-0.3, -0.25) is 0 Å². The maximum absolute atomic E-state index is 9.98. The molecule has 5 N–H and O–H groups in total. The third kappa shape index (κ3) is 4.67. The Morgan fingerprint density at radius 2 is 1.57 bits per heavy atom. The molecule has 8 heteroatoms. The molecule has 0 amide bonds. The number of carboxylic acid groups (broad SMARTS) is 1. The zero-order valence-electron chi connectivity index (χ0n) is 7.57. The van der Waals surface area contributed by atoms with Crippen LogP contribution in [0, 0.1) is 0 Å². The summed E-state index contributed by atoms with van der Waals surface area (Å²) in [5.74, 6) is -1.98. The van der Waals surface area contributed by atoms with Crippen molar-refractivity contribution in [2.24, 2.45) is 0 Å². The molecule has 0 radical (unpaired) electrons. The summed E-state index contributed by atoms with van der Waals surface area (Å²) in [6.45, 7) is -0.863. The number of rotatable bonds is 5. The van der Waals surface area contributed by atoms with Gasteiger partial charge in [-0.2, -0.15) is 0 Å². The zero-order chi connectivity index (χ0) is 10.6. The Balaban J connectivity index is 0.